The number of aryl methyl sites for hydroxylation is 2. The summed E-state index contributed by atoms with van der Waals surface area (Å²) in [5, 5.41) is 46.8. The van der Waals surface area contributed by atoms with Crippen LogP contribution in [0, 0.1) is 19.3 Å². The van der Waals surface area contributed by atoms with Crippen LogP contribution >= 0.6 is 47.8 Å². The number of benzene rings is 3. The maximum Gasteiger partial charge on any atom is 0.335 e. The molecule has 5 atom stereocenters. The number of nitrogens with one attached hydrogen (secondary N) is 3. The van der Waals surface area contributed by atoms with Crippen LogP contribution in [0.2, 0.25) is 0 Å². The topological polar surface area (TPSA) is 310 Å². The number of aromatic nitrogens is 3. The minimum atomic E-state index is -1.96. The summed E-state index contributed by atoms with van der Waals surface area (Å²) < 4.78 is 30.5. The van der Waals surface area contributed by atoms with Gasteiger partial charge in [-0.25, -0.2) is 14.3 Å². The van der Waals surface area contributed by atoms with Gasteiger partial charge in [0.25, 0.3) is 17.4 Å². The van der Waals surface area contributed by atoms with Gasteiger partial charge in [0, 0.05) is 65.3 Å². The van der Waals surface area contributed by atoms with Gasteiger partial charge in [-0.2, -0.15) is 0 Å². The molecule has 3 aromatic carbocycles. The highest BCUT2D eigenvalue weighted by Crippen LogP contribution is 2.32. The summed E-state index contributed by atoms with van der Waals surface area (Å²) in [5.41, 5.74) is 4.04. The first-order chi connectivity index (χ1) is 39.3. The predicted molar refractivity (Wildman–Crippen MR) is 306 cm³/mol. The zero-order valence-corrected chi connectivity index (χ0v) is 48.9. The number of amides is 4. The molecule has 0 spiro atoms. The fourth-order valence-electron chi connectivity index (χ4n) is 8.64. The highest BCUT2D eigenvalue weighted by atomic mass is 79.9. The van der Waals surface area contributed by atoms with Gasteiger partial charge in [0.05, 0.1) is 69.3 Å². The number of nitrogens with zero attached hydrogens (tertiary/aromatic N) is 4. The van der Waals surface area contributed by atoms with Crippen molar-refractivity contribution < 1.29 is 77.4 Å². The second-order valence-corrected chi connectivity index (χ2v) is 21.3. The number of terminal acetylenes is 1. The van der Waals surface area contributed by atoms with Crippen LogP contribution in [-0.4, -0.2) is 161 Å². The number of carbonyl (C=O) groups is 6. The minimum absolute atomic E-state index is 0.00417. The van der Waals surface area contributed by atoms with E-state index < -0.39 is 54.4 Å². The van der Waals surface area contributed by atoms with Crippen molar-refractivity contribution in [3.8, 4) is 18.1 Å². The second kappa shape index (κ2) is 30.0. The van der Waals surface area contributed by atoms with Gasteiger partial charge >= 0.3 is 5.97 Å². The molecule has 7 N–H and O–H groups in total. The SMILES string of the molecule is C#CCN(Cc1cc2c(=O)[nH]c(C)nc2cc1Br)c1ccc(C(=O)CCc2ccc[n+](Cc3ccc(O[C@@H]4O[C@H](C(=O)O)[C@@H](O)[C@H](O)[C@H]4O)c(NC(=O)CCNC(=O)CCOCCOCCOCCN4C(=O)C(Br)=C(Br)C4=O)c3)c2)cc1. The molecule has 2 aliphatic rings. The van der Waals surface area contributed by atoms with Crippen LogP contribution in [0.5, 0.6) is 5.75 Å². The van der Waals surface area contributed by atoms with E-state index in [1.165, 1.54) is 6.07 Å². The standard InChI is InChI=1S/C56H58Br3N7O16/c1-3-17-65(31-36-27-38-40(28-39(36)57)61-32(2)62-52(38)73)37-10-8-35(9-11-37)42(67)12-6-33-5-4-18-64(29-33)30-34-7-13-43(81-56-50(72)48(70)49(71)51(82-56)55(76)77)41(26-34)63-45(69)14-16-60-44(68)15-20-78-22-24-80-25-23-79-21-19-66-53(74)46(58)47(59)54(66)75/h1,4-5,7-11,13,18,26-29,48-51,56,70-72H,6,12,14-17,19-25,30-31H2,2H3,(H3-,60,61,62,63,68,69,73,76,77)/p+1/t48-,49-,50+,51-,56+/m0/s1. The minimum Gasteiger partial charge on any atom is -0.479 e. The van der Waals surface area contributed by atoms with E-state index in [1.807, 2.05) is 46.1 Å². The Balaban J connectivity index is 0.894. The van der Waals surface area contributed by atoms with Crippen molar-refractivity contribution in [2.45, 2.75) is 76.4 Å². The molecular formula is C56H59Br3N7O16+. The lowest BCUT2D eigenvalue weighted by Crippen LogP contribution is -2.61. The lowest BCUT2D eigenvalue weighted by Gasteiger charge is -2.38. The first kappa shape index (κ1) is 62.8. The van der Waals surface area contributed by atoms with Crippen LogP contribution in [0.3, 0.4) is 0 Å². The number of rotatable bonds is 29. The van der Waals surface area contributed by atoms with Crippen molar-refractivity contribution >= 4 is 105 Å². The van der Waals surface area contributed by atoms with E-state index in [0.29, 0.717) is 40.8 Å². The summed E-state index contributed by atoms with van der Waals surface area (Å²) in [7, 11) is 0. The van der Waals surface area contributed by atoms with Gasteiger partial charge in [-0.05, 0) is 111 Å². The first-order valence-corrected chi connectivity index (χ1v) is 28.1. The van der Waals surface area contributed by atoms with Gasteiger partial charge in [0.2, 0.25) is 18.1 Å². The van der Waals surface area contributed by atoms with Gasteiger partial charge in [0.15, 0.2) is 30.8 Å². The second-order valence-electron chi connectivity index (χ2n) is 18.8. The van der Waals surface area contributed by atoms with E-state index in [4.69, 9.17) is 30.1 Å². The van der Waals surface area contributed by atoms with Gasteiger partial charge in [-0.15, -0.1) is 6.42 Å². The molecule has 23 nitrogen and oxygen atoms in total. The Morgan fingerprint density at radius 3 is 2.23 bits per heavy atom. The number of imide groups is 1. The highest BCUT2D eigenvalue weighted by molar-refractivity contribution is 9.14. The molecule has 0 aliphatic carbocycles. The van der Waals surface area contributed by atoms with E-state index in [9.17, 15) is 54.0 Å². The number of aliphatic hydroxyl groups excluding tert-OH is 3. The Labute approximate surface area is 495 Å². The van der Waals surface area contributed by atoms with Crippen LogP contribution < -0.4 is 30.4 Å². The fourth-order valence-corrected chi connectivity index (χ4v) is 9.86. The number of aromatic amines is 1. The molecule has 5 aromatic rings. The van der Waals surface area contributed by atoms with E-state index in [2.05, 4.69) is 74.3 Å². The molecule has 82 heavy (non-hydrogen) atoms. The smallest absolute Gasteiger partial charge is 0.335 e. The lowest BCUT2D eigenvalue weighted by atomic mass is 9.99. The maximum absolute atomic E-state index is 13.5. The Bertz CT molecular complexity index is 3280. The highest BCUT2D eigenvalue weighted by Gasteiger charge is 2.48. The number of aliphatic carboxylic acids is 1. The fraction of sp³-hybridized carbons (Fsp3) is 0.375. The quantitative estimate of drug-likeness (QED) is 0.0119. The van der Waals surface area contributed by atoms with E-state index in [1.54, 1.807) is 43.3 Å². The number of pyridine rings is 1. The van der Waals surface area contributed by atoms with Crippen LogP contribution in [0.1, 0.15) is 52.1 Å². The maximum atomic E-state index is 13.5. The third-order valence-corrected chi connectivity index (χ3v) is 15.6. The average Bonchev–Trinajstić information content (AvgIpc) is 3.82. The zero-order valence-electron chi connectivity index (χ0n) is 44.2. The summed E-state index contributed by atoms with van der Waals surface area (Å²) in [5.74, 6) is -0.388. The van der Waals surface area contributed by atoms with Crippen molar-refractivity contribution in [1.29, 1.82) is 0 Å². The molecule has 1 fully saturated rings. The molecule has 434 valence electrons. The number of carbonyl (C=O) groups excluding carboxylic acids is 5. The van der Waals surface area contributed by atoms with E-state index in [0.717, 1.165) is 26.2 Å². The molecule has 0 radical (unpaired) electrons. The van der Waals surface area contributed by atoms with Crippen LogP contribution in [0.15, 0.2) is 97.4 Å². The number of H-pyrrole nitrogens is 1. The largest absolute Gasteiger partial charge is 0.479 e. The Morgan fingerprint density at radius 2 is 1.54 bits per heavy atom. The summed E-state index contributed by atoms with van der Waals surface area (Å²) in [6.45, 7) is 3.73. The summed E-state index contributed by atoms with van der Waals surface area (Å²) in [6, 6.07) is 19.2. The molecule has 7 rings (SSSR count). The number of anilines is 2. The molecule has 4 heterocycles. The molecule has 2 aromatic heterocycles. The monoisotopic (exact) mass is 1320 g/mol. The number of aliphatic hydroxyl groups is 3. The summed E-state index contributed by atoms with van der Waals surface area (Å²) in [6.07, 6.45) is 0.359. The number of hydrogen-bond acceptors (Lipinski definition) is 17. The van der Waals surface area contributed by atoms with Crippen molar-refractivity contribution in [2.24, 2.45) is 0 Å². The third-order valence-electron chi connectivity index (χ3n) is 12.9. The van der Waals surface area contributed by atoms with Crippen molar-refractivity contribution in [1.82, 2.24) is 20.2 Å². The number of ketones is 1. The Hall–Kier alpha value is -6.77. The van der Waals surface area contributed by atoms with E-state index >= 15 is 0 Å². The first-order valence-electron chi connectivity index (χ1n) is 25.7. The van der Waals surface area contributed by atoms with Crippen molar-refractivity contribution in [3.05, 3.63) is 131 Å². The third kappa shape index (κ3) is 16.9. The molecule has 26 heteroatoms. The van der Waals surface area contributed by atoms with Crippen LogP contribution in [-0.2, 0) is 62.4 Å². The van der Waals surface area contributed by atoms with Crippen LogP contribution in [0.25, 0.3) is 10.9 Å². The normalized spacial score (nSPS) is 17.9. The number of ether oxygens (including phenoxy) is 5. The van der Waals surface area contributed by atoms with Gasteiger partial charge < -0.3 is 64.6 Å². The Kier molecular flexibility index (Phi) is 23.0. The number of hydrogen-bond donors (Lipinski definition) is 7. The van der Waals surface area contributed by atoms with Crippen molar-refractivity contribution in [2.75, 3.05) is 69.5 Å². The van der Waals surface area contributed by atoms with Crippen molar-refractivity contribution in [3.63, 3.8) is 0 Å². The number of halogens is 3. The van der Waals surface area contributed by atoms with Gasteiger partial charge in [0.1, 0.15) is 38.9 Å². The van der Waals surface area contributed by atoms with Gasteiger partial charge in [-0.1, -0.05) is 21.9 Å². The number of carboxylic acid groups (broad SMARTS) is 1. The molecule has 4 amide bonds. The van der Waals surface area contributed by atoms with Crippen LogP contribution in [0.4, 0.5) is 11.4 Å². The van der Waals surface area contributed by atoms with Gasteiger partial charge in [-0.3, -0.25) is 33.7 Å². The molecule has 2 aliphatic heterocycles. The lowest BCUT2D eigenvalue weighted by molar-refractivity contribution is -0.688. The molecule has 0 unspecified atom stereocenters. The number of fused-ring (bicyclic) bond motifs is 1. The average molecular weight is 1330 g/mol. The number of carboxylic acids is 1. The molecular weight excluding hydrogens is 1270 g/mol. The van der Waals surface area contributed by atoms with E-state index in [-0.39, 0.29) is 123 Å². The number of Topliss-reactive ketones (excluding diaryl/α,β-unsaturated/α-hetero) is 1. The summed E-state index contributed by atoms with van der Waals surface area (Å²) >= 11 is 9.76. The molecule has 0 bridgehead atoms. The molecule has 1 saturated heterocycles. The zero-order chi connectivity index (χ0) is 59.0. The summed E-state index contributed by atoms with van der Waals surface area (Å²) in [4.78, 5) is 98.2. The molecule has 0 saturated carbocycles. The Morgan fingerprint density at radius 1 is 0.841 bits per heavy atom. The predicted octanol–water partition coefficient (Wildman–Crippen LogP) is 3.31.